The molecule has 6 N–H and O–H groups in total. The zero-order valence-corrected chi connectivity index (χ0v) is 19.5. The van der Waals surface area contributed by atoms with E-state index in [2.05, 4.69) is 15.0 Å². The number of sulfone groups is 1. The number of aliphatic hydroxyl groups is 2. The van der Waals surface area contributed by atoms with Crippen LogP contribution in [-0.4, -0.2) is 62.1 Å². The molecule has 0 unspecified atom stereocenters. The number of hydrogen-bond donors (Lipinski definition) is 4. The van der Waals surface area contributed by atoms with Crippen molar-refractivity contribution in [2.45, 2.75) is 60.9 Å². The lowest BCUT2D eigenvalue weighted by atomic mass is 10.0. The van der Waals surface area contributed by atoms with Crippen molar-refractivity contribution in [1.29, 1.82) is 0 Å². The number of benzene rings is 1. The van der Waals surface area contributed by atoms with Gasteiger partial charge in [-0.15, -0.1) is 0 Å². The summed E-state index contributed by atoms with van der Waals surface area (Å²) >= 11 is 0. The highest BCUT2D eigenvalue weighted by atomic mass is 32.2. The van der Waals surface area contributed by atoms with Crippen LogP contribution < -0.4 is 11.5 Å². The molecule has 5 rings (SSSR count). The second kappa shape index (κ2) is 7.73. The van der Waals surface area contributed by atoms with Crippen molar-refractivity contribution >= 4 is 38.2 Å². The summed E-state index contributed by atoms with van der Waals surface area (Å²) in [7, 11) is -3.66. The Morgan fingerprint density at radius 3 is 2.68 bits per heavy atom. The summed E-state index contributed by atoms with van der Waals surface area (Å²) < 4.78 is 32.2. The number of ether oxygens (including phenoxy) is 1. The number of fused-ring (bicyclic) bond motifs is 2. The minimum absolute atomic E-state index is 0.0426. The van der Waals surface area contributed by atoms with E-state index >= 15 is 0 Å². The van der Waals surface area contributed by atoms with Crippen LogP contribution >= 0.6 is 0 Å². The third-order valence-corrected chi connectivity index (χ3v) is 9.19. The summed E-state index contributed by atoms with van der Waals surface area (Å²) in [5, 5.41) is 21.9. The molecule has 1 fully saturated rings. The number of anilines is 1. The molecule has 11 nitrogen and oxygen atoms in total. The van der Waals surface area contributed by atoms with Crippen molar-refractivity contribution < 1.29 is 23.4 Å². The predicted octanol–water partition coefficient (Wildman–Crippen LogP) is 0.820. The Hall–Kier alpha value is -3.06. The smallest absolute Gasteiger partial charge is 0.192 e. The van der Waals surface area contributed by atoms with Crippen LogP contribution in [-0.2, 0) is 21.0 Å². The van der Waals surface area contributed by atoms with Crippen molar-refractivity contribution in [3.63, 3.8) is 0 Å². The molecule has 0 radical (unpaired) electrons. The lowest BCUT2D eigenvalue weighted by Crippen LogP contribution is -2.47. The Bertz CT molecular complexity index is 1420. The molecule has 0 amide bonds. The molecule has 180 valence electrons. The van der Waals surface area contributed by atoms with E-state index in [1.807, 2.05) is 0 Å². The third kappa shape index (κ3) is 3.28. The van der Waals surface area contributed by atoms with Gasteiger partial charge in [-0.2, -0.15) is 0 Å². The third-order valence-electron chi connectivity index (χ3n) is 6.71. The van der Waals surface area contributed by atoms with Crippen molar-refractivity contribution in [3.05, 3.63) is 42.4 Å². The van der Waals surface area contributed by atoms with Gasteiger partial charge in [0.15, 0.2) is 16.1 Å². The van der Waals surface area contributed by atoms with Gasteiger partial charge in [0, 0.05) is 6.20 Å². The first-order valence-corrected chi connectivity index (χ1v) is 12.3. The Balaban J connectivity index is 1.35. The summed E-state index contributed by atoms with van der Waals surface area (Å²) in [6, 6.07) is 6.67. The minimum Gasteiger partial charge on any atom is -0.388 e. The fourth-order valence-corrected chi connectivity index (χ4v) is 5.91. The van der Waals surface area contributed by atoms with Crippen molar-refractivity contribution in [2.75, 3.05) is 5.73 Å². The first-order valence-electron chi connectivity index (χ1n) is 10.8. The molecule has 2 aromatic heterocycles. The number of nitrogens with zero attached hydrogens (tertiary/aromatic N) is 4. The minimum atomic E-state index is -3.66. The number of nitrogens with two attached hydrogens (primary N) is 2. The van der Waals surface area contributed by atoms with E-state index in [0.29, 0.717) is 35.4 Å². The van der Waals surface area contributed by atoms with Gasteiger partial charge < -0.3 is 31.0 Å². The molecule has 2 aliphatic heterocycles. The maximum Gasteiger partial charge on any atom is 0.192 e. The van der Waals surface area contributed by atoms with Crippen LogP contribution in [0.4, 0.5) is 11.5 Å². The number of aliphatic imine (C=N–C) groups is 1. The summed E-state index contributed by atoms with van der Waals surface area (Å²) in [5.41, 5.74) is 13.4. The Kier molecular flexibility index (Phi) is 5.17. The van der Waals surface area contributed by atoms with Crippen LogP contribution in [0.2, 0.25) is 0 Å². The molecule has 1 saturated heterocycles. The highest BCUT2D eigenvalue weighted by Gasteiger charge is 2.45. The number of hydrogen-bond acceptors (Lipinski definition) is 10. The van der Waals surface area contributed by atoms with E-state index in [9.17, 15) is 18.6 Å². The molecule has 4 heterocycles. The highest BCUT2D eigenvalue weighted by molar-refractivity contribution is 7.93. The molecule has 0 saturated carbocycles. The molecule has 3 aromatic rings. The quantitative estimate of drug-likeness (QED) is 0.415. The first kappa shape index (κ1) is 22.7. The van der Waals surface area contributed by atoms with Gasteiger partial charge in [0.1, 0.15) is 40.6 Å². The van der Waals surface area contributed by atoms with Gasteiger partial charge in [-0.3, -0.25) is 0 Å². The molecule has 34 heavy (non-hydrogen) atoms. The van der Waals surface area contributed by atoms with Gasteiger partial charge in [-0.25, -0.2) is 23.4 Å². The van der Waals surface area contributed by atoms with Gasteiger partial charge in [-0.1, -0.05) is 6.07 Å². The van der Waals surface area contributed by atoms with Crippen molar-refractivity contribution in [1.82, 2.24) is 14.5 Å². The van der Waals surface area contributed by atoms with Gasteiger partial charge in [-0.05, 0) is 50.5 Å². The SMILES string of the molecule is CC1(C)C(N)=Nc2cc(CC[C@H]3O[C@@H](n4ccc5c(N)ncnc54)[C@H](O)[C@@H]3O)ccc2S1(=O)=O. The maximum atomic E-state index is 12.9. The van der Waals surface area contributed by atoms with E-state index in [1.54, 1.807) is 29.0 Å². The van der Waals surface area contributed by atoms with Crippen molar-refractivity contribution in [2.24, 2.45) is 10.7 Å². The standard InChI is InChI=1S/C22H26N6O5S/c1-22(2)21(24)27-13-9-11(4-6-15(13)34(22,31)32)3-5-14-16(29)17(30)20(33-14)28-8-7-12-18(23)25-10-26-19(12)28/h4,6-10,14,16-17,20,29-30H,3,5H2,1-2H3,(H2,24,27)(H2,23,25,26)/t14-,16-,17-,20-/m1/s1. The molecule has 0 spiro atoms. The van der Waals surface area contributed by atoms with Crippen LogP contribution in [0.15, 0.2) is 46.7 Å². The number of aromatic nitrogens is 3. The molecule has 0 bridgehead atoms. The predicted molar refractivity (Wildman–Crippen MR) is 125 cm³/mol. The van der Waals surface area contributed by atoms with Crippen LogP contribution in [0, 0.1) is 0 Å². The maximum absolute atomic E-state index is 12.9. The molecular weight excluding hydrogens is 460 g/mol. The fourth-order valence-electron chi connectivity index (χ4n) is 4.41. The van der Waals surface area contributed by atoms with Crippen molar-refractivity contribution in [3.8, 4) is 0 Å². The summed E-state index contributed by atoms with van der Waals surface area (Å²) in [6.45, 7) is 3.07. The molecule has 4 atom stereocenters. The number of aliphatic hydroxyl groups excluding tert-OH is 2. The molecular formula is C22H26N6O5S. The van der Waals surface area contributed by atoms with Crippen LogP contribution in [0.25, 0.3) is 11.0 Å². The molecule has 0 aliphatic carbocycles. The van der Waals surface area contributed by atoms with Gasteiger partial charge in [0.25, 0.3) is 0 Å². The molecule has 12 heteroatoms. The Morgan fingerprint density at radius 1 is 1.15 bits per heavy atom. The van der Waals surface area contributed by atoms with Crippen LogP contribution in [0.5, 0.6) is 0 Å². The molecule has 1 aromatic carbocycles. The topological polar surface area (TPSA) is 179 Å². The van der Waals surface area contributed by atoms with Gasteiger partial charge in [0.05, 0.1) is 22.1 Å². The van der Waals surface area contributed by atoms with E-state index in [1.165, 1.54) is 26.2 Å². The first-order chi connectivity index (χ1) is 16.0. The number of rotatable bonds is 4. The Labute approximate surface area is 196 Å². The van der Waals surface area contributed by atoms with E-state index < -0.39 is 39.1 Å². The van der Waals surface area contributed by atoms with Gasteiger partial charge in [0.2, 0.25) is 0 Å². The number of amidine groups is 1. The average Bonchev–Trinajstić information content (AvgIpc) is 3.33. The van der Waals surface area contributed by atoms with E-state index in [4.69, 9.17) is 16.2 Å². The highest BCUT2D eigenvalue weighted by Crippen LogP contribution is 2.39. The summed E-state index contributed by atoms with van der Waals surface area (Å²) in [6.07, 6.45) is 0.0980. The molecule has 2 aliphatic rings. The second-order valence-corrected chi connectivity index (χ2v) is 11.6. The average molecular weight is 487 g/mol. The number of nitrogen functional groups attached to an aromatic ring is 1. The van der Waals surface area contributed by atoms with E-state index in [-0.39, 0.29) is 10.7 Å². The number of aryl methyl sites for hydroxylation is 1. The zero-order valence-electron chi connectivity index (χ0n) is 18.7. The second-order valence-electron chi connectivity index (χ2n) is 9.12. The van der Waals surface area contributed by atoms with Crippen LogP contribution in [0.1, 0.15) is 32.1 Å². The normalized spacial score (nSPS) is 27.5. The lowest BCUT2D eigenvalue weighted by molar-refractivity contribution is -0.0364. The Morgan fingerprint density at radius 2 is 1.91 bits per heavy atom. The van der Waals surface area contributed by atoms with Gasteiger partial charge >= 0.3 is 0 Å². The largest absolute Gasteiger partial charge is 0.388 e. The monoisotopic (exact) mass is 486 g/mol. The van der Waals surface area contributed by atoms with Crippen LogP contribution in [0.3, 0.4) is 0 Å². The lowest BCUT2D eigenvalue weighted by Gasteiger charge is -2.29. The van der Waals surface area contributed by atoms with E-state index in [0.717, 1.165) is 5.56 Å². The zero-order chi connectivity index (χ0) is 24.4. The fraction of sp³-hybridized carbons (Fsp3) is 0.409. The summed E-state index contributed by atoms with van der Waals surface area (Å²) in [5.74, 6) is 0.357. The summed E-state index contributed by atoms with van der Waals surface area (Å²) in [4.78, 5) is 12.6.